The first-order valence-electron chi connectivity index (χ1n) is 10.7. The van der Waals surface area contributed by atoms with E-state index in [9.17, 15) is 0 Å². The summed E-state index contributed by atoms with van der Waals surface area (Å²) in [5.41, 5.74) is 9.42. The minimum absolute atomic E-state index is 0.921. The Hall–Kier alpha value is -4.44. The van der Waals surface area contributed by atoms with Gasteiger partial charge in [0.25, 0.3) is 0 Å². The second-order valence-corrected chi connectivity index (χ2v) is 7.95. The summed E-state index contributed by atoms with van der Waals surface area (Å²) in [5, 5.41) is 1.14. The van der Waals surface area contributed by atoms with Crippen LogP contribution in [0.1, 0.15) is 0 Å². The molecule has 0 aliphatic heterocycles. The molecule has 0 amide bonds. The largest absolute Gasteiger partial charge is 0.308 e. The van der Waals surface area contributed by atoms with Gasteiger partial charge in [0.15, 0.2) is 0 Å². The monoisotopic (exact) mass is 410 g/mol. The van der Waals surface area contributed by atoms with Gasteiger partial charge >= 0.3 is 0 Å². The summed E-state index contributed by atoms with van der Waals surface area (Å²) in [4.78, 5) is 9.94. The minimum atomic E-state index is 0.921. The zero-order chi connectivity index (χ0) is 21.1. The fraction of sp³-hybridized carbons (Fsp3) is 0. The zero-order valence-electron chi connectivity index (χ0n) is 17.2. The summed E-state index contributed by atoms with van der Waals surface area (Å²) in [6, 6.07) is 35.8. The molecule has 0 bridgehead atoms. The van der Waals surface area contributed by atoms with Crippen LogP contribution in [0, 0.1) is 0 Å². The Balaban J connectivity index is 1.71. The Bertz CT molecular complexity index is 1630. The lowest BCUT2D eigenvalue weighted by Gasteiger charge is -2.09. The van der Waals surface area contributed by atoms with Crippen molar-refractivity contribution in [3.63, 3.8) is 0 Å². The topological polar surface area (TPSA) is 35.6 Å². The van der Waals surface area contributed by atoms with Gasteiger partial charge in [-0.2, -0.15) is 0 Å². The van der Waals surface area contributed by atoms with Crippen molar-refractivity contribution in [1.29, 1.82) is 0 Å². The molecule has 150 valence electrons. The van der Waals surface area contributed by atoms with Crippen LogP contribution in [0.2, 0.25) is 0 Å². The van der Waals surface area contributed by atoms with Crippen molar-refractivity contribution in [2.45, 2.75) is 0 Å². The zero-order valence-corrected chi connectivity index (χ0v) is 17.2. The molecule has 0 radical (unpaired) electrons. The van der Waals surface area contributed by atoms with Crippen molar-refractivity contribution in [2.75, 3.05) is 0 Å². The van der Waals surface area contributed by atoms with Crippen molar-refractivity contribution >= 4 is 44.0 Å². The Morgan fingerprint density at radius 1 is 0.469 bits per heavy atom. The van der Waals surface area contributed by atoms with E-state index in [1.807, 2.05) is 24.4 Å². The van der Waals surface area contributed by atoms with E-state index < -0.39 is 0 Å². The van der Waals surface area contributed by atoms with Crippen LogP contribution in [-0.4, -0.2) is 19.1 Å². The molecule has 0 fully saturated rings. The quantitative estimate of drug-likeness (QED) is 0.319. The molecule has 4 heterocycles. The Morgan fingerprint density at radius 2 is 1.06 bits per heavy atom. The molecule has 32 heavy (non-hydrogen) atoms. The van der Waals surface area contributed by atoms with Gasteiger partial charge in [-0.1, -0.05) is 54.6 Å². The first-order chi connectivity index (χ1) is 15.9. The van der Waals surface area contributed by atoms with Crippen LogP contribution >= 0.6 is 0 Å². The SMILES string of the molecule is c1ccc(-n2c3ccccc3c3nc4c5ncccc5n(-c5ccccc5)c4cc32)cc1. The molecule has 0 saturated heterocycles. The Morgan fingerprint density at radius 3 is 1.81 bits per heavy atom. The molecule has 0 aliphatic rings. The minimum Gasteiger partial charge on any atom is -0.308 e. The van der Waals surface area contributed by atoms with E-state index in [4.69, 9.17) is 9.97 Å². The number of nitrogens with zero attached hydrogens (tertiary/aromatic N) is 4. The second-order valence-electron chi connectivity index (χ2n) is 7.95. The van der Waals surface area contributed by atoms with Crippen molar-refractivity contribution in [3.8, 4) is 11.4 Å². The van der Waals surface area contributed by atoms with Gasteiger partial charge in [-0.25, -0.2) is 4.98 Å². The standard InChI is InChI=1S/C28H18N4/c1-3-10-19(11-4-1)31-22-15-8-7-14-21(22)26-24(31)18-25-28(30-26)27-23(16-9-17-29-27)32(25)20-12-5-2-6-13-20/h1-18H. The van der Waals surface area contributed by atoms with Crippen molar-refractivity contribution in [1.82, 2.24) is 19.1 Å². The van der Waals surface area contributed by atoms with E-state index in [1.54, 1.807) is 0 Å². The molecule has 7 aromatic rings. The number of hydrogen-bond donors (Lipinski definition) is 0. The molecule has 3 aromatic carbocycles. The number of rotatable bonds is 2. The van der Waals surface area contributed by atoms with Crippen LogP contribution in [0.4, 0.5) is 0 Å². The average Bonchev–Trinajstić information content (AvgIpc) is 3.36. The molecular weight excluding hydrogens is 392 g/mol. The van der Waals surface area contributed by atoms with Crippen LogP contribution in [0.15, 0.2) is 109 Å². The molecule has 7 rings (SSSR count). The van der Waals surface area contributed by atoms with Crippen molar-refractivity contribution in [2.24, 2.45) is 0 Å². The third-order valence-electron chi connectivity index (χ3n) is 6.14. The highest BCUT2D eigenvalue weighted by Crippen LogP contribution is 2.36. The number of hydrogen-bond acceptors (Lipinski definition) is 2. The van der Waals surface area contributed by atoms with Gasteiger partial charge in [0, 0.05) is 23.0 Å². The number of aromatic nitrogens is 4. The summed E-state index contributed by atoms with van der Waals surface area (Å²) in [6.45, 7) is 0. The van der Waals surface area contributed by atoms with Gasteiger partial charge in [-0.15, -0.1) is 0 Å². The maximum atomic E-state index is 5.22. The van der Waals surface area contributed by atoms with Crippen molar-refractivity contribution < 1.29 is 0 Å². The molecule has 0 aliphatic carbocycles. The van der Waals surface area contributed by atoms with Crippen LogP contribution < -0.4 is 0 Å². The van der Waals surface area contributed by atoms with Crippen molar-refractivity contribution in [3.05, 3.63) is 109 Å². The average molecular weight is 410 g/mol. The van der Waals surface area contributed by atoms with Crippen LogP contribution in [0.5, 0.6) is 0 Å². The number of para-hydroxylation sites is 3. The fourth-order valence-electron chi connectivity index (χ4n) is 4.80. The maximum Gasteiger partial charge on any atom is 0.116 e. The molecule has 0 N–H and O–H groups in total. The molecule has 0 saturated carbocycles. The molecular formula is C28H18N4. The lowest BCUT2D eigenvalue weighted by molar-refractivity contribution is 1.16. The molecule has 4 heteroatoms. The van der Waals surface area contributed by atoms with Gasteiger partial charge in [0.05, 0.1) is 27.6 Å². The normalized spacial score (nSPS) is 11.8. The summed E-state index contributed by atoms with van der Waals surface area (Å²) in [6.07, 6.45) is 1.84. The highest BCUT2D eigenvalue weighted by molar-refractivity contribution is 6.14. The predicted molar refractivity (Wildman–Crippen MR) is 131 cm³/mol. The smallest absolute Gasteiger partial charge is 0.116 e. The molecule has 0 atom stereocenters. The van der Waals surface area contributed by atoms with E-state index in [-0.39, 0.29) is 0 Å². The number of benzene rings is 3. The maximum absolute atomic E-state index is 5.22. The predicted octanol–water partition coefficient (Wildman–Crippen LogP) is 6.67. The highest BCUT2D eigenvalue weighted by Gasteiger charge is 2.19. The Labute approximate surface area is 184 Å². The second kappa shape index (κ2) is 6.53. The molecule has 0 unspecified atom stereocenters. The molecule has 0 spiro atoms. The lowest BCUT2D eigenvalue weighted by atomic mass is 10.2. The van der Waals surface area contributed by atoms with Crippen LogP contribution in [0.25, 0.3) is 55.4 Å². The first-order valence-corrected chi connectivity index (χ1v) is 10.7. The third-order valence-corrected chi connectivity index (χ3v) is 6.14. The summed E-state index contributed by atoms with van der Waals surface area (Å²) >= 11 is 0. The van der Waals surface area contributed by atoms with E-state index >= 15 is 0 Å². The van der Waals surface area contributed by atoms with Crippen LogP contribution in [0.3, 0.4) is 0 Å². The van der Waals surface area contributed by atoms with Gasteiger partial charge in [0.2, 0.25) is 0 Å². The number of fused-ring (bicyclic) bond motifs is 6. The van der Waals surface area contributed by atoms with E-state index in [2.05, 4.69) is 94.1 Å². The lowest BCUT2D eigenvalue weighted by Crippen LogP contribution is -1.96. The van der Waals surface area contributed by atoms with E-state index in [1.165, 1.54) is 0 Å². The first kappa shape index (κ1) is 17.3. The summed E-state index contributed by atoms with van der Waals surface area (Å²) < 4.78 is 4.56. The summed E-state index contributed by atoms with van der Waals surface area (Å²) in [5.74, 6) is 0. The van der Waals surface area contributed by atoms with Gasteiger partial charge in [-0.05, 0) is 48.5 Å². The Kier molecular flexibility index (Phi) is 3.52. The van der Waals surface area contributed by atoms with Crippen LogP contribution in [-0.2, 0) is 0 Å². The van der Waals surface area contributed by atoms with Gasteiger partial charge in [0.1, 0.15) is 11.0 Å². The van der Waals surface area contributed by atoms with E-state index in [0.29, 0.717) is 0 Å². The van der Waals surface area contributed by atoms with E-state index in [0.717, 1.165) is 55.4 Å². The molecule has 4 aromatic heterocycles. The fourth-order valence-corrected chi connectivity index (χ4v) is 4.80. The highest BCUT2D eigenvalue weighted by atomic mass is 15.0. The third kappa shape index (κ3) is 2.32. The number of pyridine rings is 2. The molecule has 4 nitrogen and oxygen atoms in total. The van der Waals surface area contributed by atoms with Gasteiger partial charge < -0.3 is 9.13 Å². The summed E-state index contributed by atoms with van der Waals surface area (Å²) in [7, 11) is 0. The van der Waals surface area contributed by atoms with Gasteiger partial charge in [-0.3, -0.25) is 4.98 Å².